The molecule has 0 saturated carbocycles. The van der Waals surface area contributed by atoms with Gasteiger partial charge in [-0.15, -0.1) is 0 Å². The normalized spacial score (nSPS) is 8.17. The quantitative estimate of drug-likeness (QED) is 0.632. The van der Waals surface area contributed by atoms with E-state index in [9.17, 15) is 0 Å². The van der Waals surface area contributed by atoms with Gasteiger partial charge in [-0.1, -0.05) is 55.4 Å². The van der Waals surface area contributed by atoms with E-state index in [0.29, 0.717) is 0 Å². The molecule has 0 fully saturated rings. The van der Waals surface area contributed by atoms with Gasteiger partial charge < -0.3 is 0 Å². The van der Waals surface area contributed by atoms with Crippen molar-refractivity contribution >= 4 is 0 Å². The maximum Gasteiger partial charge on any atom is 0.0300 e. The first-order valence-electron chi connectivity index (χ1n) is 7.51. The van der Waals surface area contributed by atoms with E-state index in [1.54, 1.807) is 0 Å². The third kappa shape index (κ3) is 10.3. The highest BCUT2D eigenvalue weighted by Gasteiger charge is 2.04. The second-order valence-electron chi connectivity index (χ2n) is 3.85. The lowest BCUT2D eigenvalue weighted by Crippen LogP contribution is -2.00. The molecule has 108 valence electrons. The zero-order chi connectivity index (χ0) is 15.1. The average molecular weight is 253 g/mol. The number of pyridine rings is 1. The van der Waals surface area contributed by atoms with E-state index in [1.807, 2.05) is 53.9 Å². The van der Waals surface area contributed by atoms with Gasteiger partial charge in [0, 0.05) is 12.4 Å². The monoisotopic (exact) mass is 253 g/mol. The van der Waals surface area contributed by atoms with Crippen molar-refractivity contribution in [3.05, 3.63) is 29.1 Å². The van der Waals surface area contributed by atoms with Crippen LogP contribution in [0.15, 0.2) is 12.4 Å². The molecule has 0 aliphatic carbocycles. The lowest BCUT2D eigenvalue weighted by molar-refractivity contribution is 0.641. The van der Waals surface area contributed by atoms with E-state index in [1.165, 1.54) is 23.1 Å². The van der Waals surface area contributed by atoms with Crippen LogP contribution in [0.1, 0.15) is 72.1 Å². The minimum Gasteiger partial charge on any atom is -0.264 e. The van der Waals surface area contributed by atoms with Gasteiger partial charge >= 0.3 is 0 Å². The van der Waals surface area contributed by atoms with Crippen LogP contribution in [-0.2, 0) is 6.42 Å². The Kier molecular flexibility index (Phi) is 20.0. The van der Waals surface area contributed by atoms with Crippen LogP contribution in [0, 0.1) is 19.8 Å². The average Bonchev–Trinajstić information content (AvgIpc) is 2.41. The van der Waals surface area contributed by atoms with Gasteiger partial charge in [-0.3, -0.25) is 4.98 Å². The van der Waals surface area contributed by atoms with Crippen LogP contribution < -0.4 is 0 Å². The minimum atomic E-state index is 0.727. The Morgan fingerprint density at radius 1 is 0.833 bits per heavy atom. The van der Waals surface area contributed by atoms with Gasteiger partial charge in [0.1, 0.15) is 0 Å². The van der Waals surface area contributed by atoms with Crippen molar-refractivity contribution in [3.8, 4) is 0 Å². The summed E-state index contributed by atoms with van der Waals surface area (Å²) in [5.74, 6) is 0.727. The molecule has 0 aromatic carbocycles. The Bertz CT molecular complexity index is 244. The number of aryl methyl sites for hydroxylation is 2. The van der Waals surface area contributed by atoms with Crippen molar-refractivity contribution in [2.75, 3.05) is 0 Å². The molecule has 18 heavy (non-hydrogen) atoms. The first-order valence-corrected chi connectivity index (χ1v) is 7.51. The molecule has 0 aliphatic rings. The Morgan fingerprint density at radius 2 is 1.17 bits per heavy atom. The maximum atomic E-state index is 4.15. The molecular weight excluding hydrogens is 218 g/mol. The van der Waals surface area contributed by atoms with Gasteiger partial charge in [-0.05, 0) is 42.9 Å². The zero-order valence-electron chi connectivity index (χ0n) is 14.4. The predicted octanol–water partition coefficient (Wildman–Crippen LogP) is 5.98. The van der Waals surface area contributed by atoms with Gasteiger partial charge in [0.05, 0.1) is 0 Å². The van der Waals surface area contributed by atoms with Gasteiger partial charge in [-0.2, -0.15) is 0 Å². The smallest absolute Gasteiger partial charge is 0.0300 e. The summed E-state index contributed by atoms with van der Waals surface area (Å²) in [6.07, 6.45) is 5.07. The number of hydrogen-bond donors (Lipinski definition) is 0. The van der Waals surface area contributed by atoms with Gasteiger partial charge in [0.2, 0.25) is 0 Å². The summed E-state index contributed by atoms with van der Waals surface area (Å²) < 4.78 is 0. The zero-order valence-corrected chi connectivity index (χ0v) is 14.4. The number of hydrogen-bond acceptors (Lipinski definition) is 1. The second-order valence-corrected chi connectivity index (χ2v) is 3.85. The summed E-state index contributed by atoms with van der Waals surface area (Å²) in [5, 5.41) is 0. The fourth-order valence-corrected chi connectivity index (χ4v) is 1.46. The van der Waals surface area contributed by atoms with Gasteiger partial charge in [0.25, 0.3) is 0 Å². The first-order chi connectivity index (χ1) is 8.61. The molecule has 0 saturated heterocycles. The molecule has 0 N–H and O–H groups in total. The summed E-state index contributed by atoms with van der Waals surface area (Å²) >= 11 is 0. The van der Waals surface area contributed by atoms with Crippen LogP contribution >= 0.6 is 0 Å². The maximum absolute atomic E-state index is 4.15. The Balaban J connectivity index is -0.000000328. The predicted molar refractivity (Wildman–Crippen MR) is 86.3 cm³/mol. The molecule has 1 aromatic rings. The Hall–Kier alpha value is -0.850. The molecule has 0 radical (unpaired) electrons. The number of rotatable bonds is 2. The lowest BCUT2D eigenvalue weighted by Gasteiger charge is -2.10. The summed E-state index contributed by atoms with van der Waals surface area (Å²) in [6, 6.07) is 0. The minimum absolute atomic E-state index is 0.727. The van der Waals surface area contributed by atoms with Crippen LogP contribution in [0.25, 0.3) is 0 Å². The highest BCUT2D eigenvalue weighted by molar-refractivity contribution is 5.30. The number of aromatic nitrogens is 1. The Morgan fingerprint density at radius 3 is 1.44 bits per heavy atom. The van der Waals surface area contributed by atoms with Crippen molar-refractivity contribution < 1.29 is 0 Å². The molecule has 0 amide bonds. The number of nitrogens with zero attached hydrogens (tertiary/aromatic N) is 1. The Labute approximate surface area is 116 Å². The molecule has 1 rings (SSSR count). The van der Waals surface area contributed by atoms with E-state index in [4.69, 9.17) is 0 Å². The van der Waals surface area contributed by atoms with Crippen molar-refractivity contribution in [1.82, 2.24) is 4.98 Å². The van der Waals surface area contributed by atoms with Crippen molar-refractivity contribution in [3.63, 3.8) is 0 Å². The van der Waals surface area contributed by atoms with Crippen molar-refractivity contribution in [1.29, 1.82) is 0 Å². The third-order valence-corrected chi connectivity index (χ3v) is 2.10. The molecule has 0 spiro atoms. The van der Waals surface area contributed by atoms with E-state index in [2.05, 4.69) is 32.7 Å². The van der Waals surface area contributed by atoms with Crippen LogP contribution in [0.5, 0.6) is 0 Å². The summed E-state index contributed by atoms with van der Waals surface area (Å²) in [6.45, 7) is 20.8. The standard InChI is InChI=1S/C11H17N.3C2H6/c1-8(2)5-11-9(3)6-12-7-10(11)4;3*1-2/h6-8H,5H2,1-4H3;3*1-2H3. The molecule has 0 aliphatic heterocycles. The molecule has 1 aromatic heterocycles. The van der Waals surface area contributed by atoms with Gasteiger partial charge in [0.15, 0.2) is 0 Å². The van der Waals surface area contributed by atoms with Crippen LogP contribution in [0.2, 0.25) is 0 Å². The molecule has 1 heterocycles. The summed E-state index contributed by atoms with van der Waals surface area (Å²) in [5.41, 5.74) is 4.12. The summed E-state index contributed by atoms with van der Waals surface area (Å²) in [4.78, 5) is 4.15. The molecule has 0 bridgehead atoms. The second kappa shape index (κ2) is 16.1. The molecule has 1 nitrogen and oxygen atoms in total. The van der Waals surface area contributed by atoms with E-state index in [-0.39, 0.29) is 0 Å². The molecule has 0 unspecified atom stereocenters. The van der Waals surface area contributed by atoms with Gasteiger partial charge in [-0.25, -0.2) is 0 Å². The molecule has 1 heteroatoms. The topological polar surface area (TPSA) is 12.9 Å². The van der Waals surface area contributed by atoms with Crippen LogP contribution in [0.3, 0.4) is 0 Å². The van der Waals surface area contributed by atoms with E-state index in [0.717, 1.165) is 5.92 Å². The fraction of sp³-hybridized carbons (Fsp3) is 0.706. The SMILES string of the molecule is CC.CC.CC.Cc1cncc(C)c1CC(C)C. The third-order valence-electron chi connectivity index (χ3n) is 2.10. The lowest BCUT2D eigenvalue weighted by atomic mass is 9.97. The van der Waals surface area contributed by atoms with E-state index < -0.39 is 0 Å². The van der Waals surface area contributed by atoms with Crippen LogP contribution in [-0.4, -0.2) is 4.98 Å². The van der Waals surface area contributed by atoms with Crippen molar-refractivity contribution in [2.45, 2.75) is 75.7 Å². The van der Waals surface area contributed by atoms with E-state index >= 15 is 0 Å². The highest BCUT2D eigenvalue weighted by Crippen LogP contribution is 2.15. The largest absolute Gasteiger partial charge is 0.264 e. The highest BCUT2D eigenvalue weighted by atomic mass is 14.6. The summed E-state index contributed by atoms with van der Waals surface area (Å²) in [7, 11) is 0. The first kappa shape index (κ1) is 22.3. The molecule has 0 atom stereocenters. The molecular formula is C17H35N. The fourth-order valence-electron chi connectivity index (χ4n) is 1.46. The van der Waals surface area contributed by atoms with Crippen molar-refractivity contribution in [2.24, 2.45) is 5.92 Å². The van der Waals surface area contributed by atoms with Crippen LogP contribution in [0.4, 0.5) is 0 Å².